The second-order valence-electron chi connectivity index (χ2n) is 3.54. The van der Waals surface area contributed by atoms with Crippen LogP contribution in [0.4, 0.5) is 11.6 Å². The lowest BCUT2D eigenvalue weighted by Crippen LogP contribution is -2.19. The highest BCUT2D eigenvalue weighted by molar-refractivity contribution is 7.74. The van der Waals surface area contributed by atoms with Gasteiger partial charge in [-0.3, -0.25) is 9.48 Å². The van der Waals surface area contributed by atoms with E-state index < -0.39 is 16.8 Å². The monoisotopic (exact) mass is 282 g/mol. The van der Waals surface area contributed by atoms with Crippen molar-refractivity contribution >= 4 is 28.4 Å². The van der Waals surface area contributed by atoms with E-state index in [9.17, 15) is 13.2 Å². The Labute approximate surface area is 109 Å². The first-order valence-corrected chi connectivity index (χ1v) is 6.19. The van der Waals surface area contributed by atoms with E-state index in [1.165, 1.54) is 22.9 Å². The molecule has 2 aromatic rings. The summed E-state index contributed by atoms with van der Waals surface area (Å²) in [5.74, 6) is -0.533. The molecule has 9 nitrogen and oxygen atoms in total. The highest BCUT2D eigenvalue weighted by Crippen LogP contribution is 2.20. The average molecular weight is 282 g/mol. The van der Waals surface area contributed by atoms with Gasteiger partial charge in [0.2, 0.25) is 10.9 Å². The molecule has 0 atom stereocenters. The molecule has 0 unspecified atom stereocenters. The fraction of sp³-hybridized carbons (Fsp3) is 0.111. The van der Waals surface area contributed by atoms with Crippen LogP contribution in [0.5, 0.6) is 0 Å². The van der Waals surface area contributed by atoms with Crippen LogP contribution in [0.2, 0.25) is 0 Å². The summed E-state index contributed by atoms with van der Waals surface area (Å²) in [6, 6.07) is 4.13. The molecule has 0 radical (unpaired) electrons. The third kappa shape index (κ3) is 2.68. The van der Waals surface area contributed by atoms with Gasteiger partial charge >= 0.3 is 0 Å². The number of hydrogen-bond acceptors (Lipinski definition) is 6. The summed E-state index contributed by atoms with van der Waals surface area (Å²) in [4.78, 5) is 10.9. The summed E-state index contributed by atoms with van der Waals surface area (Å²) in [5.41, 5.74) is 4.97. The van der Waals surface area contributed by atoms with E-state index in [1.54, 1.807) is 13.2 Å². The van der Waals surface area contributed by atoms with E-state index >= 15 is 0 Å². The van der Waals surface area contributed by atoms with E-state index in [2.05, 4.69) is 15.3 Å². The zero-order valence-corrected chi connectivity index (χ0v) is 10.7. The number of primary amides is 1. The van der Waals surface area contributed by atoms with Crippen molar-refractivity contribution in [2.24, 2.45) is 12.8 Å². The molecule has 0 fully saturated rings. The van der Waals surface area contributed by atoms with Crippen molar-refractivity contribution in [3.05, 3.63) is 30.1 Å². The Morgan fingerprint density at radius 3 is 2.42 bits per heavy atom. The van der Waals surface area contributed by atoms with Crippen LogP contribution in [0, 0.1) is 0 Å². The van der Waals surface area contributed by atoms with Crippen molar-refractivity contribution in [3.8, 4) is 0 Å². The molecule has 2 aromatic heterocycles. The van der Waals surface area contributed by atoms with Gasteiger partial charge in [-0.1, -0.05) is 0 Å². The van der Waals surface area contributed by atoms with Gasteiger partial charge < -0.3 is 5.73 Å². The molecule has 0 aliphatic heterocycles. The van der Waals surface area contributed by atoms with Crippen molar-refractivity contribution in [2.45, 2.75) is 0 Å². The minimum atomic E-state index is -2.99. The van der Waals surface area contributed by atoms with Crippen LogP contribution < -0.4 is 10.0 Å². The number of carbonyl (C=O) groups is 1. The molecule has 0 bridgehead atoms. The van der Waals surface area contributed by atoms with Gasteiger partial charge in [-0.15, -0.1) is 10.2 Å². The topological polar surface area (TPSA) is 124 Å². The number of aryl methyl sites for hydroxylation is 1. The molecular formula is C9H10N6O3S. The number of nitrogens with two attached hydrogens (primary N) is 1. The smallest absolute Gasteiger partial charge is 0.269 e. The minimum absolute atomic E-state index is 0.0276. The maximum absolute atomic E-state index is 11.3. The van der Waals surface area contributed by atoms with Crippen molar-refractivity contribution in [2.75, 3.05) is 4.31 Å². The SMILES string of the molecule is Cn1ccc(N(c2ccc(C(N)=O)nn2)[SH](=O)=O)n1. The van der Waals surface area contributed by atoms with Crippen LogP contribution >= 0.6 is 0 Å². The first kappa shape index (κ1) is 13.0. The molecule has 2 N–H and O–H groups in total. The van der Waals surface area contributed by atoms with E-state index in [-0.39, 0.29) is 17.3 Å². The molecule has 0 spiro atoms. The number of thiol groups is 1. The molecule has 2 rings (SSSR count). The Bertz CT molecular complexity index is 670. The van der Waals surface area contributed by atoms with Crippen molar-refractivity contribution < 1.29 is 13.2 Å². The fourth-order valence-electron chi connectivity index (χ4n) is 1.37. The van der Waals surface area contributed by atoms with Crippen LogP contribution in [-0.4, -0.2) is 34.3 Å². The third-order valence-electron chi connectivity index (χ3n) is 2.20. The summed E-state index contributed by atoms with van der Waals surface area (Å²) in [6.07, 6.45) is 1.59. The van der Waals surface area contributed by atoms with Gasteiger partial charge in [0.15, 0.2) is 17.3 Å². The molecule has 0 saturated carbocycles. The van der Waals surface area contributed by atoms with Crippen molar-refractivity contribution in [3.63, 3.8) is 0 Å². The molecule has 10 heteroatoms. The molecular weight excluding hydrogens is 272 g/mol. The zero-order valence-electron chi connectivity index (χ0n) is 9.79. The first-order chi connectivity index (χ1) is 8.99. The highest BCUT2D eigenvalue weighted by Gasteiger charge is 2.16. The van der Waals surface area contributed by atoms with Gasteiger partial charge in [0.1, 0.15) is 0 Å². The minimum Gasteiger partial charge on any atom is -0.364 e. The lowest BCUT2D eigenvalue weighted by molar-refractivity contribution is 0.0994. The lowest BCUT2D eigenvalue weighted by Gasteiger charge is -2.12. The first-order valence-electron chi connectivity index (χ1n) is 5.06. The normalized spacial score (nSPS) is 10.6. The van der Waals surface area contributed by atoms with Crippen LogP contribution in [-0.2, 0) is 17.9 Å². The van der Waals surface area contributed by atoms with Crippen LogP contribution in [0.25, 0.3) is 0 Å². The summed E-state index contributed by atoms with van der Waals surface area (Å²) < 4.78 is 24.9. The largest absolute Gasteiger partial charge is 0.364 e. The van der Waals surface area contributed by atoms with Gasteiger partial charge in [0, 0.05) is 19.3 Å². The second kappa shape index (κ2) is 5.02. The predicted octanol–water partition coefficient (Wildman–Crippen LogP) is -1.03. The van der Waals surface area contributed by atoms with Gasteiger partial charge in [0.05, 0.1) is 0 Å². The zero-order chi connectivity index (χ0) is 14.0. The van der Waals surface area contributed by atoms with E-state index in [1.807, 2.05) is 0 Å². The molecule has 0 aliphatic carbocycles. The molecule has 1 amide bonds. The molecule has 0 aromatic carbocycles. The van der Waals surface area contributed by atoms with Gasteiger partial charge in [-0.2, -0.15) is 5.10 Å². The van der Waals surface area contributed by atoms with Gasteiger partial charge in [-0.25, -0.2) is 12.7 Å². The Morgan fingerprint density at radius 1 is 1.26 bits per heavy atom. The molecule has 0 aliphatic rings. The number of carbonyl (C=O) groups excluding carboxylic acids is 1. The summed E-state index contributed by atoms with van der Waals surface area (Å²) >= 11 is 0. The maximum atomic E-state index is 11.3. The fourth-order valence-corrected chi connectivity index (χ4v) is 1.92. The second-order valence-corrected chi connectivity index (χ2v) is 4.41. The van der Waals surface area contributed by atoms with E-state index in [0.29, 0.717) is 0 Å². The number of aromatic nitrogens is 4. The summed E-state index contributed by atoms with van der Waals surface area (Å²) in [5, 5.41) is 11.2. The Balaban J connectivity index is 2.42. The Kier molecular flexibility index (Phi) is 3.42. The summed E-state index contributed by atoms with van der Waals surface area (Å²) in [6.45, 7) is 0. The van der Waals surface area contributed by atoms with Crippen LogP contribution in [0.15, 0.2) is 24.4 Å². The van der Waals surface area contributed by atoms with Gasteiger partial charge in [-0.05, 0) is 12.1 Å². The Morgan fingerprint density at radius 2 is 2.00 bits per heavy atom. The van der Waals surface area contributed by atoms with E-state index in [4.69, 9.17) is 5.73 Å². The molecule has 100 valence electrons. The van der Waals surface area contributed by atoms with Crippen LogP contribution in [0.1, 0.15) is 10.5 Å². The maximum Gasteiger partial charge on any atom is 0.269 e. The number of hydrogen-bond donors (Lipinski definition) is 2. The number of nitrogens with zero attached hydrogens (tertiary/aromatic N) is 5. The van der Waals surface area contributed by atoms with Crippen molar-refractivity contribution in [1.29, 1.82) is 0 Å². The molecule has 2 heterocycles. The number of amides is 1. The highest BCUT2D eigenvalue weighted by atomic mass is 32.2. The van der Waals surface area contributed by atoms with E-state index in [0.717, 1.165) is 4.31 Å². The number of anilines is 2. The lowest BCUT2D eigenvalue weighted by atomic mass is 10.4. The standard InChI is InChI=1S/C9H10N6O3S/c1-14-5-4-8(13-14)15(19(17)18)7-3-2-6(9(10)16)11-12-7/h2-5,19H,1H3,(H2,10,16). The molecule has 19 heavy (non-hydrogen) atoms. The quantitative estimate of drug-likeness (QED) is 0.691. The Hall–Kier alpha value is -2.49. The summed E-state index contributed by atoms with van der Waals surface area (Å²) in [7, 11) is -1.34. The predicted molar refractivity (Wildman–Crippen MR) is 66.2 cm³/mol. The number of rotatable bonds is 4. The molecule has 0 saturated heterocycles. The third-order valence-corrected chi connectivity index (χ3v) is 2.94. The van der Waals surface area contributed by atoms with Crippen LogP contribution in [0.3, 0.4) is 0 Å². The van der Waals surface area contributed by atoms with Crippen molar-refractivity contribution in [1.82, 2.24) is 20.0 Å². The van der Waals surface area contributed by atoms with Gasteiger partial charge in [0.25, 0.3) is 5.91 Å². The average Bonchev–Trinajstić information content (AvgIpc) is 2.76.